The van der Waals surface area contributed by atoms with Crippen LogP contribution in [-0.4, -0.2) is 53.5 Å². The molecule has 1 saturated heterocycles. The van der Waals surface area contributed by atoms with Crippen molar-refractivity contribution in [1.82, 2.24) is 9.88 Å². The molecule has 6 heteroatoms. The van der Waals surface area contributed by atoms with Crippen molar-refractivity contribution in [3.05, 3.63) is 65.9 Å². The van der Waals surface area contributed by atoms with Crippen LogP contribution in [0, 0.1) is 18.8 Å². The van der Waals surface area contributed by atoms with Gasteiger partial charge in [0.2, 0.25) is 0 Å². The van der Waals surface area contributed by atoms with Gasteiger partial charge in [-0.05, 0) is 118 Å². The van der Waals surface area contributed by atoms with E-state index in [1.807, 2.05) is 30.1 Å². The Hall–Kier alpha value is -2.57. The summed E-state index contributed by atoms with van der Waals surface area (Å²) in [6.45, 7) is 5.43. The first-order valence-corrected chi connectivity index (χ1v) is 14.6. The molecular formula is C31H40N2O3S. The molecule has 2 unspecified atom stereocenters. The summed E-state index contributed by atoms with van der Waals surface area (Å²) in [5.41, 5.74) is 3.67. The number of thioether (sulfide) groups is 1. The Kier molecular flexibility index (Phi) is 10.3. The number of benzene rings is 2. The van der Waals surface area contributed by atoms with Gasteiger partial charge in [-0.2, -0.15) is 0 Å². The molecule has 1 N–H and O–H groups in total. The number of carbonyl (C=O) groups is 1. The SMILES string of the molecule is COc1ccc2nccc(CCCC3CCN(CCCSc4ccccc4C)CC3CCC(=O)O)c2c1. The molecule has 1 fully saturated rings. The Labute approximate surface area is 225 Å². The number of rotatable bonds is 13. The zero-order valence-corrected chi connectivity index (χ0v) is 23.0. The van der Waals surface area contributed by atoms with Gasteiger partial charge in [0, 0.05) is 29.4 Å². The Morgan fingerprint density at radius 3 is 2.81 bits per heavy atom. The fourth-order valence-corrected chi connectivity index (χ4v) is 6.61. The molecule has 37 heavy (non-hydrogen) atoms. The summed E-state index contributed by atoms with van der Waals surface area (Å²) in [5, 5.41) is 10.5. The van der Waals surface area contributed by atoms with Crippen molar-refractivity contribution in [3.63, 3.8) is 0 Å². The van der Waals surface area contributed by atoms with Crippen LogP contribution in [-0.2, 0) is 11.2 Å². The summed E-state index contributed by atoms with van der Waals surface area (Å²) in [6, 6.07) is 16.8. The number of likely N-dealkylation sites (tertiary alicyclic amines) is 1. The molecule has 0 spiro atoms. The van der Waals surface area contributed by atoms with E-state index >= 15 is 0 Å². The van der Waals surface area contributed by atoms with Gasteiger partial charge in [-0.1, -0.05) is 18.2 Å². The van der Waals surface area contributed by atoms with Gasteiger partial charge in [-0.3, -0.25) is 9.78 Å². The number of carboxylic acids is 1. The topological polar surface area (TPSA) is 62.7 Å². The molecule has 0 aliphatic carbocycles. The highest BCUT2D eigenvalue weighted by Crippen LogP contribution is 2.33. The number of fused-ring (bicyclic) bond motifs is 1. The highest BCUT2D eigenvalue weighted by molar-refractivity contribution is 7.99. The number of pyridine rings is 1. The van der Waals surface area contributed by atoms with Gasteiger partial charge in [0.1, 0.15) is 5.75 Å². The Bertz CT molecular complexity index is 1170. The van der Waals surface area contributed by atoms with E-state index in [4.69, 9.17) is 4.74 Å². The third-order valence-corrected chi connectivity index (χ3v) is 9.00. The monoisotopic (exact) mass is 520 g/mol. The van der Waals surface area contributed by atoms with E-state index in [1.165, 1.54) is 27.8 Å². The highest BCUT2D eigenvalue weighted by atomic mass is 32.2. The molecular weight excluding hydrogens is 480 g/mol. The lowest BCUT2D eigenvalue weighted by Crippen LogP contribution is -2.41. The van der Waals surface area contributed by atoms with Gasteiger partial charge in [0.15, 0.2) is 0 Å². The minimum atomic E-state index is -0.678. The lowest BCUT2D eigenvalue weighted by atomic mass is 9.79. The minimum absolute atomic E-state index is 0.271. The summed E-state index contributed by atoms with van der Waals surface area (Å²) in [6.07, 6.45) is 8.54. The lowest BCUT2D eigenvalue weighted by molar-refractivity contribution is -0.137. The highest BCUT2D eigenvalue weighted by Gasteiger charge is 2.29. The number of ether oxygens (including phenoxy) is 1. The predicted molar refractivity (Wildman–Crippen MR) is 153 cm³/mol. The number of hydrogen-bond donors (Lipinski definition) is 1. The van der Waals surface area contributed by atoms with E-state index in [0.717, 1.165) is 68.8 Å². The Balaban J connectivity index is 1.28. The van der Waals surface area contributed by atoms with Gasteiger partial charge >= 0.3 is 5.97 Å². The standard InChI is InChI=1S/C31H40N2O3S/c1-23-7-3-4-10-30(23)37-20-6-18-33-19-16-24(26(22-33)11-14-31(34)35)8-5-9-25-15-17-32-29-13-12-27(36-2)21-28(25)29/h3-4,7,10,12-13,15,17,21,24,26H,5-6,8-9,11,14,16,18-20,22H2,1-2H3,(H,34,35). The second-order valence-electron chi connectivity index (χ2n) is 10.3. The predicted octanol–water partition coefficient (Wildman–Crippen LogP) is 6.86. The largest absolute Gasteiger partial charge is 0.497 e. The van der Waals surface area contributed by atoms with Crippen LogP contribution < -0.4 is 4.74 Å². The van der Waals surface area contributed by atoms with E-state index in [0.29, 0.717) is 11.8 Å². The van der Waals surface area contributed by atoms with E-state index in [9.17, 15) is 9.90 Å². The second-order valence-corrected chi connectivity index (χ2v) is 11.4. The zero-order valence-electron chi connectivity index (χ0n) is 22.2. The molecule has 2 aromatic carbocycles. The molecule has 0 radical (unpaired) electrons. The summed E-state index contributed by atoms with van der Waals surface area (Å²) < 4.78 is 5.43. The van der Waals surface area contributed by atoms with Crippen LogP contribution in [0.25, 0.3) is 10.9 Å². The van der Waals surface area contributed by atoms with E-state index in [2.05, 4.69) is 53.2 Å². The van der Waals surface area contributed by atoms with Crippen LogP contribution in [0.4, 0.5) is 0 Å². The number of aromatic nitrogens is 1. The van der Waals surface area contributed by atoms with Crippen LogP contribution in [0.15, 0.2) is 59.6 Å². The van der Waals surface area contributed by atoms with Gasteiger partial charge < -0.3 is 14.7 Å². The van der Waals surface area contributed by atoms with E-state index in [1.54, 1.807) is 7.11 Å². The Morgan fingerprint density at radius 1 is 1.14 bits per heavy atom. The first-order valence-electron chi connectivity index (χ1n) is 13.6. The molecule has 0 bridgehead atoms. The van der Waals surface area contributed by atoms with Crippen LogP contribution in [0.1, 0.15) is 49.7 Å². The summed E-state index contributed by atoms with van der Waals surface area (Å²) in [4.78, 5) is 19.8. The van der Waals surface area contributed by atoms with Crippen molar-refractivity contribution in [2.24, 2.45) is 11.8 Å². The number of nitrogens with zero attached hydrogens (tertiary/aromatic N) is 2. The fourth-order valence-electron chi connectivity index (χ4n) is 5.65. The molecule has 0 saturated carbocycles. The average Bonchev–Trinajstić information content (AvgIpc) is 2.91. The van der Waals surface area contributed by atoms with Crippen LogP contribution in [0.3, 0.4) is 0 Å². The number of piperidine rings is 1. The zero-order chi connectivity index (χ0) is 26.0. The number of methoxy groups -OCH3 is 1. The molecule has 1 aromatic heterocycles. The van der Waals surface area contributed by atoms with Gasteiger partial charge in [0.05, 0.1) is 12.6 Å². The maximum Gasteiger partial charge on any atom is 0.303 e. The molecule has 1 aliphatic heterocycles. The van der Waals surface area contributed by atoms with Gasteiger partial charge in [0.25, 0.3) is 0 Å². The van der Waals surface area contributed by atoms with Crippen molar-refractivity contribution in [3.8, 4) is 5.75 Å². The van der Waals surface area contributed by atoms with Crippen molar-refractivity contribution in [2.75, 3.05) is 32.5 Å². The normalized spacial score (nSPS) is 18.2. The van der Waals surface area contributed by atoms with Crippen molar-refractivity contribution < 1.29 is 14.6 Å². The van der Waals surface area contributed by atoms with Gasteiger partial charge in [-0.25, -0.2) is 0 Å². The van der Waals surface area contributed by atoms with Crippen molar-refractivity contribution in [1.29, 1.82) is 0 Å². The molecule has 1 aliphatic rings. The molecule has 198 valence electrons. The number of carboxylic acid groups (broad SMARTS) is 1. The average molecular weight is 521 g/mol. The maximum atomic E-state index is 11.3. The van der Waals surface area contributed by atoms with Crippen LogP contribution >= 0.6 is 11.8 Å². The third-order valence-electron chi connectivity index (χ3n) is 7.73. The summed E-state index contributed by atoms with van der Waals surface area (Å²) in [5.74, 6) is 2.36. The van der Waals surface area contributed by atoms with E-state index < -0.39 is 5.97 Å². The molecule has 4 rings (SSSR count). The third kappa shape index (κ3) is 7.96. The molecule has 3 aromatic rings. The first kappa shape index (κ1) is 27.5. The lowest BCUT2D eigenvalue weighted by Gasteiger charge is -2.39. The quantitative estimate of drug-likeness (QED) is 0.196. The maximum absolute atomic E-state index is 11.3. The summed E-state index contributed by atoms with van der Waals surface area (Å²) in [7, 11) is 1.70. The smallest absolute Gasteiger partial charge is 0.303 e. The number of hydrogen-bond acceptors (Lipinski definition) is 5. The molecule has 2 atom stereocenters. The van der Waals surface area contributed by atoms with Crippen molar-refractivity contribution >= 4 is 28.6 Å². The van der Waals surface area contributed by atoms with Gasteiger partial charge in [-0.15, -0.1) is 11.8 Å². The van der Waals surface area contributed by atoms with Crippen LogP contribution in [0.5, 0.6) is 5.75 Å². The van der Waals surface area contributed by atoms with Crippen molar-refractivity contribution in [2.45, 2.75) is 56.8 Å². The second kappa shape index (κ2) is 13.8. The van der Waals surface area contributed by atoms with Crippen LogP contribution in [0.2, 0.25) is 0 Å². The number of aryl methyl sites for hydroxylation is 2. The number of aliphatic carboxylic acids is 1. The Morgan fingerprint density at radius 2 is 2.00 bits per heavy atom. The summed E-state index contributed by atoms with van der Waals surface area (Å²) >= 11 is 1.95. The molecule has 5 nitrogen and oxygen atoms in total. The fraction of sp³-hybridized carbons (Fsp3) is 0.484. The molecule has 2 heterocycles. The first-order chi connectivity index (χ1) is 18.0. The minimum Gasteiger partial charge on any atom is -0.497 e. The van der Waals surface area contributed by atoms with E-state index in [-0.39, 0.29) is 6.42 Å². The molecule has 0 amide bonds.